The molecule has 0 N–H and O–H groups in total. The maximum Gasteiger partial charge on any atom is 0.136 e. The van der Waals surface area contributed by atoms with Gasteiger partial charge >= 0.3 is 0 Å². The fourth-order valence-corrected chi connectivity index (χ4v) is 1.65. The van der Waals surface area contributed by atoms with Crippen molar-refractivity contribution in [2.24, 2.45) is 5.92 Å². The van der Waals surface area contributed by atoms with Crippen molar-refractivity contribution in [1.82, 2.24) is 14.8 Å². The molecule has 66 valence electrons. The van der Waals surface area contributed by atoms with E-state index in [9.17, 15) is 0 Å². The van der Waals surface area contributed by atoms with Gasteiger partial charge in [0.15, 0.2) is 0 Å². The zero-order valence-electron chi connectivity index (χ0n) is 7.70. The van der Waals surface area contributed by atoms with Crippen LogP contribution >= 0.6 is 0 Å². The van der Waals surface area contributed by atoms with Gasteiger partial charge in [-0.05, 0) is 18.8 Å². The summed E-state index contributed by atoms with van der Waals surface area (Å²) in [6.07, 6.45) is 4.30. The third-order valence-corrected chi connectivity index (χ3v) is 2.55. The summed E-state index contributed by atoms with van der Waals surface area (Å²) >= 11 is 0. The first kappa shape index (κ1) is 7.77. The third kappa shape index (κ3) is 1.24. The lowest BCUT2D eigenvalue weighted by Gasteiger charge is -2.02. The first-order valence-corrected chi connectivity index (χ1v) is 4.70. The van der Waals surface area contributed by atoms with Crippen LogP contribution in [-0.2, 0) is 6.54 Å². The zero-order valence-corrected chi connectivity index (χ0v) is 7.70. The van der Waals surface area contributed by atoms with Crippen molar-refractivity contribution in [3.05, 3.63) is 12.2 Å². The number of hydrogen-bond acceptors (Lipinski definition) is 2. The number of aryl methyl sites for hydroxylation is 1. The van der Waals surface area contributed by atoms with Gasteiger partial charge in [0, 0.05) is 12.5 Å². The first-order chi connectivity index (χ1) is 5.83. The molecule has 3 heteroatoms. The molecule has 1 heterocycles. The molecule has 2 rings (SSSR count). The van der Waals surface area contributed by atoms with Crippen LogP contribution in [0.25, 0.3) is 0 Å². The lowest BCUT2D eigenvalue weighted by molar-refractivity contribution is 0.631. The van der Waals surface area contributed by atoms with E-state index in [0.29, 0.717) is 5.92 Å². The smallest absolute Gasteiger partial charge is 0.136 e. The highest BCUT2D eigenvalue weighted by Gasteiger charge is 2.37. The largest absolute Gasteiger partial charge is 0.317 e. The van der Waals surface area contributed by atoms with Crippen LogP contribution in [0.1, 0.15) is 38.4 Å². The van der Waals surface area contributed by atoms with E-state index < -0.39 is 0 Å². The van der Waals surface area contributed by atoms with Gasteiger partial charge in [-0.15, -0.1) is 10.2 Å². The average molecular weight is 165 g/mol. The Morgan fingerprint density at radius 2 is 2.42 bits per heavy atom. The van der Waals surface area contributed by atoms with Crippen molar-refractivity contribution >= 4 is 0 Å². The Kier molecular flexibility index (Phi) is 1.87. The summed E-state index contributed by atoms with van der Waals surface area (Å²) in [5, 5.41) is 8.11. The number of nitrogens with zero attached hydrogens (tertiary/aromatic N) is 3. The third-order valence-electron chi connectivity index (χ3n) is 2.55. The fourth-order valence-electron chi connectivity index (χ4n) is 1.65. The first-order valence-electron chi connectivity index (χ1n) is 4.70. The number of aromatic nitrogens is 3. The van der Waals surface area contributed by atoms with Crippen molar-refractivity contribution in [3.63, 3.8) is 0 Å². The molecule has 0 saturated heterocycles. The molecule has 0 spiro atoms. The van der Waals surface area contributed by atoms with Crippen LogP contribution in [0.4, 0.5) is 0 Å². The normalized spacial score (nSPS) is 27.5. The molecule has 0 amide bonds. The summed E-state index contributed by atoms with van der Waals surface area (Å²) in [7, 11) is 0. The van der Waals surface area contributed by atoms with Gasteiger partial charge in [0.1, 0.15) is 12.2 Å². The molecule has 0 bridgehead atoms. The summed E-state index contributed by atoms with van der Waals surface area (Å²) in [5.74, 6) is 2.72. The van der Waals surface area contributed by atoms with Gasteiger partial charge < -0.3 is 4.57 Å². The van der Waals surface area contributed by atoms with Crippen LogP contribution in [0.3, 0.4) is 0 Å². The second-order valence-electron chi connectivity index (χ2n) is 3.70. The van der Waals surface area contributed by atoms with Gasteiger partial charge in [0.2, 0.25) is 0 Å². The molecule has 2 atom stereocenters. The van der Waals surface area contributed by atoms with E-state index in [2.05, 4.69) is 28.6 Å². The van der Waals surface area contributed by atoms with Crippen molar-refractivity contribution in [3.8, 4) is 0 Å². The molecule has 0 radical (unpaired) electrons. The summed E-state index contributed by atoms with van der Waals surface area (Å²) in [6.45, 7) is 5.52. The van der Waals surface area contributed by atoms with Gasteiger partial charge in [0.05, 0.1) is 0 Å². The SMILES string of the molecule is CCCn1cnnc1C1CC1C. The molecule has 1 aliphatic rings. The Bertz CT molecular complexity index is 266. The van der Waals surface area contributed by atoms with E-state index >= 15 is 0 Å². The predicted octanol–water partition coefficient (Wildman–Crippen LogP) is 1.81. The van der Waals surface area contributed by atoms with Crippen molar-refractivity contribution < 1.29 is 0 Å². The van der Waals surface area contributed by atoms with Gasteiger partial charge in [0.25, 0.3) is 0 Å². The van der Waals surface area contributed by atoms with Crippen molar-refractivity contribution in [1.29, 1.82) is 0 Å². The zero-order chi connectivity index (χ0) is 8.55. The van der Waals surface area contributed by atoms with E-state index in [-0.39, 0.29) is 0 Å². The fraction of sp³-hybridized carbons (Fsp3) is 0.778. The molecule has 2 unspecified atom stereocenters. The molecular weight excluding hydrogens is 150 g/mol. The van der Waals surface area contributed by atoms with Gasteiger partial charge in [-0.25, -0.2) is 0 Å². The molecule has 0 aliphatic heterocycles. The minimum atomic E-state index is 0.694. The van der Waals surface area contributed by atoms with Crippen LogP contribution in [0.5, 0.6) is 0 Å². The molecule has 1 aromatic heterocycles. The molecule has 12 heavy (non-hydrogen) atoms. The van der Waals surface area contributed by atoms with Crippen LogP contribution < -0.4 is 0 Å². The van der Waals surface area contributed by atoms with E-state index in [4.69, 9.17) is 0 Å². The van der Waals surface area contributed by atoms with Crippen LogP contribution in [-0.4, -0.2) is 14.8 Å². The van der Waals surface area contributed by atoms with Gasteiger partial charge in [-0.2, -0.15) is 0 Å². The molecule has 1 aliphatic carbocycles. The molecule has 1 saturated carbocycles. The molecule has 0 aromatic carbocycles. The Morgan fingerprint density at radius 3 is 3.00 bits per heavy atom. The maximum absolute atomic E-state index is 4.16. The van der Waals surface area contributed by atoms with E-state index in [0.717, 1.165) is 18.9 Å². The Morgan fingerprint density at radius 1 is 1.67 bits per heavy atom. The minimum absolute atomic E-state index is 0.694. The summed E-state index contributed by atoms with van der Waals surface area (Å²) in [4.78, 5) is 0. The number of hydrogen-bond donors (Lipinski definition) is 0. The topological polar surface area (TPSA) is 30.7 Å². The van der Waals surface area contributed by atoms with Gasteiger partial charge in [-0.1, -0.05) is 13.8 Å². The van der Waals surface area contributed by atoms with Crippen LogP contribution in [0.15, 0.2) is 6.33 Å². The lowest BCUT2D eigenvalue weighted by Crippen LogP contribution is -2.01. The van der Waals surface area contributed by atoms with Crippen LogP contribution in [0.2, 0.25) is 0 Å². The summed E-state index contributed by atoms with van der Waals surface area (Å²) in [6, 6.07) is 0. The maximum atomic E-state index is 4.16. The van der Waals surface area contributed by atoms with E-state index in [1.165, 1.54) is 12.2 Å². The minimum Gasteiger partial charge on any atom is -0.317 e. The van der Waals surface area contributed by atoms with Gasteiger partial charge in [-0.3, -0.25) is 0 Å². The second kappa shape index (κ2) is 2.88. The Balaban J connectivity index is 2.14. The summed E-state index contributed by atoms with van der Waals surface area (Å²) in [5.41, 5.74) is 0. The molecular formula is C9H15N3. The van der Waals surface area contributed by atoms with Crippen molar-refractivity contribution in [2.75, 3.05) is 0 Å². The molecule has 1 aromatic rings. The predicted molar refractivity (Wildman–Crippen MR) is 46.8 cm³/mol. The Labute approximate surface area is 72.8 Å². The van der Waals surface area contributed by atoms with E-state index in [1.54, 1.807) is 0 Å². The van der Waals surface area contributed by atoms with Crippen LogP contribution in [0, 0.1) is 5.92 Å². The monoisotopic (exact) mass is 165 g/mol. The highest BCUT2D eigenvalue weighted by molar-refractivity contribution is 5.08. The van der Waals surface area contributed by atoms with E-state index in [1.807, 2.05) is 6.33 Å². The molecule has 1 fully saturated rings. The quantitative estimate of drug-likeness (QED) is 0.684. The average Bonchev–Trinajstić information content (AvgIpc) is 2.62. The summed E-state index contributed by atoms with van der Waals surface area (Å²) < 4.78 is 2.19. The lowest BCUT2D eigenvalue weighted by atomic mass is 10.3. The molecule has 3 nitrogen and oxygen atoms in total. The number of rotatable bonds is 3. The second-order valence-corrected chi connectivity index (χ2v) is 3.70. The Hall–Kier alpha value is -0.860. The standard InChI is InChI=1S/C9H15N3/c1-3-4-12-6-10-11-9(12)8-5-7(8)2/h6-8H,3-5H2,1-2H3. The highest BCUT2D eigenvalue weighted by Crippen LogP contribution is 2.45. The highest BCUT2D eigenvalue weighted by atomic mass is 15.3. The van der Waals surface area contributed by atoms with Crippen molar-refractivity contribution in [2.45, 2.75) is 39.2 Å².